The molecule has 0 unspecified atom stereocenters. The number of pyridine rings is 2. The first kappa shape index (κ1) is 58.4. The lowest BCUT2D eigenvalue weighted by Gasteiger charge is -2.34. The van der Waals surface area contributed by atoms with Gasteiger partial charge in [-0.05, 0) is 104 Å². The Labute approximate surface area is 455 Å². The van der Waals surface area contributed by atoms with Crippen LogP contribution in [0.4, 0.5) is 73.4 Å². The smallest absolute Gasteiger partial charge is 0.407 e. The second kappa shape index (κ2) is 23.7. The number of ether oxygens (including phenoxy) is 2. The van der Waals surface area contributed by atoms with E-state index in [0.717, 1.165) is 37.8 Å². The molecule has 0 saturated heterocycles. The van der Waals surface area contributed by atoms with Gasteiger partial charge < -0.3 is 56.9 Å². The summed E-state index contributed by atoms with van der Waals surface area (Å²) in [5.41, 5.74) is 5.23. The fourth-order valence-electron chi connectivity index (χ4n) is 9.63. The minimum atomic E-state index is -0.903. The molecule has 2 aromatic carbocycles. The number of alkyl carbamates (subject to hydrolysis) is 2. The van der Waals surface area contributed by atoms with Gasteiger partial charge in [-0.1, -0.05) is 25.7 Å². The zero-order valence-corrected chi connectivity index (χ0v) is 46.6. The minimum Gasteiger partial charge on any atom is -0.444 e. The zero-order valence-electron chi connectivity index (χ0n) is 46.6. The molecular formula is C54H70F4N16O5. The number of nitrogens with one attached hydrogen (secondary N) is 6. The van der Waals surface area contributed by atoms with Gasteiger partial charge in [0.05, 0.1) is 23.2 Å². The topological polar surface area (TPSA) is 260 Å². The predicted molar refractivity (Wildman–Crippen MR) is 296 cm³/mol. The molecule has 2 aliphatic carbocycles. The number of halogens is 4. The number of hydrogen-bond donors (Lipinski definition) is 7. The standard InChI is InChI=1S/C27H36F2N8O3.C27H34F2N8O2/c1-27(2,3)40-26(39)33-20-10-8-7-9-19(20)32-24-18(29)13-16(22(30)38)23(34-24)31-14-11-15-21(17(28)12-14)37(6)35-25(15)36(4)5;1-27(2,3)39-26(38)33-21-10-8-7-9-20(21)32-24-19(29)11-15(14-30)23(34-24)31-16-12-17-22(18(28)13-16)37(6)35-25(17)36(4)5/h11-13,19-20H,7-10H2,1-6H3,(H2,30,38)(H,33,39)(H2,31,32,34);11-13,20-21H,7-10H2,1-6H3,(H,33,38)(H2,31,32,34)/t19-,20+;20-,21+/m11/s1. The van der Waals surface area contributed by atoms with Gasteiger partial charge in [0.25, 0.3) is 5.91 Å². The summed E-state index contributed by atoms with van der Waals surface area (Å²) in [5, 5.41) is 37.4. The van der Waals surface area contributed by atoms with Crippen molar-refractivity contribution in [3.8, 4) is 6.07 Å². The number of nitrogens with zero attached hydrogens (tertiary/aromatic N) is 9. The van der Waals surface area contributed by atoms with Crippen LogP contribution < -0.4 is 47.4 Å². The van der Waals surface area contributed by atoms with Gasteiger partial charge in [0.2, 0.25) is 0 Å². The first-order chi connectivity index (χ1) is 37.1. The van der Waals surface area contributed by atoms with Gasteiger partial charge in [-0.3, -0.25) is 14.2 Å². The number of primary amides is 1. The van der Waals surface area contributed by atoms with E-state index in [2.05, 4.69) is 52.1 Å². The summed E-state index contributed by atoms with van der Waals surface area (Å²) in [6, 6.07) is 8.65. The van der Waals surface area contributed by atoms with Gasteiger partial charge in [0.1, 0.15) is 34.1 Å². The second-order valence-corrected chi connectivity index (χ2v) is 22.1. The average Bonchev–Trinajstić information content (AvgIpc) is 4.03. The molecule has 2 fully saturated rings. The number of aryl methyl sites for hydroxylation is 2. The van der Waals surface area contributed by atoms with E-state index in [1.807, 2.05) is 20.2 Å². The molecule has 25 heteroatoms. The van der Waals surface area contributed by atoms with Crippen LogP contribution in [0.5, 0.6) is 0 Å². The summed E-state index contributed by atoms with van der Waals surface area (Å²) >= 11 is 0. The summed E-state index contributed by atoms with van der Waals surface area (Å²) < 4.78 is 74.1. The maximum absolute atomic E-state index is 15.2. The van der Waals surface area contributed by atoms with Gasteiger partial charge in [-0.15, -0.1) is 0 Å². The van der Waals surface area contributed by atoms with E-state index in [4.69, 9.17) is 15.2 Å². The first-order valence-electron chi connectivity index (χ1n) is 25.9. The number of aromatic nitrogens is 6. The molecule has 4 aromatic heterocycles. The minimum absolute atomic E-state index is 0.0374. The fourth-order valence-corrected chi connectivity index (χ4v) is 9.63. The van der Waals surface area contributed by atoms with Crippen LogP contribution in [0.25, 0.3) is 21.8 Å². The molecule has 79 heavy (non-hydrogen) atoms. The molecule has 424 valence electrons. The molecule has 4 atom stereocenters. The van der Waals surface area contributed by atoms with Crippen molar-refractivity contribution in [2.75, 3.05) is 59.3 Å². The van der Waals surface area contributed by atoms with Crippen molar-refractivity contribution in [3.05, 3.63) is 70.8 Å². The Morgan fingerprint density at radius 3 is 1.39 bits per heavy atom. The second-order valence-electron chi connectivity index (χ2n) is 22.1. The molecule has 0 radical (unpaired) electrons. The molecule has 6 aromatic rings. The average molecular weight is 1100 g/mol. The summed E-state index contributed by atoms with van der Waals surface area (Å²) in [6.07, 6.45) is 5.16. The molecule has 2 saturated carbocycles. The lowest BCUT2D eigenvalue weighted by molar-refractivity contribution is 0.0477. The molecule has 0 bridgehead atoms. The van der Waals surface area contributed by atoms with Crippen molar-refractivity contribution in [1.29, 1.82) is 5.26 Å². The highest BCUT2D eigenvalue weighted by atomic mass is 19.1. The van der Waals surface area contributed by atoms with Gasteiger partial charge >= 0.3 is 12.2 Å². The SMILES string of the molecule is CN(C)c1nn(C)c2c(F)cc(Nc3nc(N[C@@H]4CCCC[C@@H]4NC(=O)OC(C)(C)C)c(F)cc3C#N)cc12.CN(C)c1nn(C)c2c(F)cc(Nc3nc(N[C@@H]4CCCC[C@@H]4NC(=O)OC(C)(C)C)c(F)cc3C(N)=O)cc12. The van der Waals surface area contributed by atoms with Crippen molar-refractivity contribution in [2.24, 2.45) is 19.8 Å². The van der Waals surface area contributed by atoms with Crippen LogP contribution in [0.1, 0.15) is 109 Å². The quantitative estimate of drug-likeness (QED) is 0.0531. The van der Waals surface area contributed by atoms with Crippen LogP contribution in [0, 0.1) is 34.6 Å². The third-order valence-electron chi connectivity index (χ3n) is 13.0. The van der Waals surface area contributed by atoms with E-state index in [1.165, 1.54) is 21.5 Å². The molecule has 2 aliphatic rings. The number of nitriles is 1. The van der Waals surface area contributed by atoms with Gasteiger partial charge in [-0.2, -0.15) is 15.5 Å². The van der Waals surface area contributed by atoms with E-state index < -0.39 is 52.6 Å². The van der Waals surface area contributed by atoms with Crippen molar-refractivity contribution >= 4 is 86.2 Å². The maximum atomic E-state index is 15.2. The lowest BCUT2D eigenvalue weighted by Crippen LogP contribution is -2.50. The predicted octanol–water partition coefficient (Wildman–Crippen LogP) is 9.58. The van der Waals surface area contributed by atoms with Crippen LogP contribution in [0.15, 0.2) is 36.4 Å². The Morgan fingerprint density at radius 2 is 1.00 bits per heavy atom. The Hall–Kier alpha value is -8.30. The highest BCUT2D eigenvalue weighted by molar-refractivity contribution is 6.00. The van der Waals surface area contributed by atoms with Gasteiger partial charge in [-0.25, -0.2) is 37.1 Å². The summed E-state index contributed by atoms with van der Waals surface area (Å²) in [5.74, 6) is -2.50. The molecule has 4 heterocycles. The number of amides is 3. The van der Waals surface area contributed by atoms with E-state index in [1.54, 1.807) is 91.7 Å². The largest absolute Gasteiger partial charge is 0.444 e. The van der Waals surface area contributed by atoms with Crippen LogP contribution in [0.2, 0.25) is 0 Å². The number of anilines is 8. The number of fused-ring (bicyclic) bond motifs is 2. The van der Waals surface area contributed by atoms with Crippen LogP contribution in [0.3, 0.4) is 0 Å². The van der Waals surface area contributed by atoms with E-state index in [9.17, 15) is 19.6 Å². The van der Waals surface area contributed by atoms with Crippen molar-refractivity contribution < 1.29 is 41.4 Å². The van der Waals surface area contributed by atoms with Crippen LogP contribution >= 0.6 is 0 Å². The first-order valence-corrected chi connectivity index (χ1v) is 25.9. The number of nitrogens with two attached hydrogens (primary N) is 1. The molecule has 8 rings (SSSR count). The zero-order chi connectivity index (χ0) is 57.8. The monoisotopic (exact) mass is 1100 g/mol. The Morgan fingerprint density at radius 1 is 0.608 bits per heavy atom. The summed E-state index contributed by atoms with van der Waals surface area (Å²) in [4.78, 5) is 49.2. The third-order valence-corrected chi connectivity index (χ3v) is 13.0. The lowest BCUT2D eigenvalue weighted by atomic mass is 9.90. The van der Waals surface area contributed by atoms with E-state index >= 15 is 17.6 Å². The maximum Gasteiger partial charge on any atom is 0.407 e. The number of carbonyl (C=O) groups is 3. The van der Waals surface area contributed by atoms with E-state index in [-0.39, 0.29) is 64.3 Å². The van der Waals surface area contributed by atoms with Gasteiger partial charge in [0, 0.05) is 76.5 Å². The van der Waals surface area contributed by atoms with Crippen LogP contribution in [-0.2, 0) is 23.6 Å². The summed E-state index contributed by atoms with van der Waals surface area (Å²) in [7, 11) is 10.5. The van der Waals surface area contributed by atoms with Gasteiger partial charge in [0.15, 0.2) is 52.4 Å². The van der Waals surface area contributed by atoms with Crippen molar-refractivity contribution in [2.45, 2.75) is 128 Å². The Balaban J connectivity index is 0.000000229. The molecule has 8 N–H and O–H groups in total. The highest BCUT2D eigenvalue weighted by Gasteiger charge is 2.32. The molecule has 3 amide bonds. The van der Waals surface area contributed by atoms with Crippen LogP contribution in [-0.4, -0.2) is 111 Å². The molecular weight excluding hydrogens is 1030 g/mol. The normalized spacial score (nSPS) is 17.4. The Kier molecular flexibility index (Phi) is 17.5. The number of carbonyl (C=O) groups excluding carboxylic acids is 3. The molecule has 0 spiro atoms. The highest BCUT2D eigenvalue weighted by Crippen LogP contribution is 2.35. The van der Waals surface area contributed by atoms with Crippen molar-refractivity contribution in [1.82, 2.24) is 40.2 Å². The fraction of sp³-hybridized carbons (Fsp3) is 0.481. The number of rotatable bonds is 13. The third kappa shape index (κ3) is 14.3. The Bertz CT molecular complexity index is 3290. The molecule has 21 nitrogen and oxygen atoms in total. The van der Waals surface area contributed by atoms with Crippen molar-refractivity contribution in [3.63, 3.8) is 0 Å². The van der Waals surface area contributed by atoms with E-state index in [0.29, 0.717) is 64.8 Å². The molecule has 0 aliphatic heterocycles. The number of benzene rings is 2. The summed E-state index contributed by atoms with van der Waals surface area (Å²) in [6.45, 7) is 10.7. The number of hydrogen-bond acceptors (Lipinski definition) is 16.